The molecule has 12 nitrogen and oxygen atoms in total. The van der Waals surface area contributed by atoms with Gasteiger partial charge in [-0.1, -0.05) is 24.3 Å². The molecule has 206 valence electrons. The Kier molecular flexibility index (Phi) is 8.45. The van der Waals surface area contributed by atoms with Crippen LogP contribution in [-0.4, -0.2) is 88.3 Å². The van der Waals surface area contributed by atoms with E-state index in [1.165, 1.54) is 11.8 Å². The number of aryl methyl sites for hydroxylation is 2. The van der Waals surface area contributed by atoms with Crippen molar-refractivity contribution in [1.29, 1.82) is 0 Å². The largest absolute Gasteiger partial charge is 0.491 e. The topological polar surface area (TPSA) is 155 Å². The van der Waals surface area contributed by atoms with Crippen LogP contribution in [0.5, 0.6) is 5.75 Å². The van der Waals surface area contributed by atoms with Gasteiger partial charge in [-0.15, -0.1) is 0 Å². The standard InChI is InChI=1S/C27H32N6O6/c1-16-8-9-18-14-21(16)39-13-11-28-22(35)15-33(12-10-29-26(37)23(17(2)34)30-25(18)36)27(38)24-19-6-4-5-7-20(19)32(3)31-24/h4-9,14,17,23,34H,10-13,15H2,1-3H3,(H,28,35)(H,29,37)(H,30,36)/t17-,23+/m1/s1. The number of hydrogen-bond donors (Lipinski definition) is 4. The van der Waals surface area contributed by atoms with Crippen molar-refractivity contribution in [3.8, 4) is 5.75 Å². The lowest BCUT2D eigenvalue weighted by Crippen LogP contribution is -2.53. The number of para-hydroxylation sites is 1. The second-order valence-corrected chi connectivity index (χ2v) is 9.38. The summed E-state index contributed by atoms with van der Waals surface area (Å²) < 4.78 is 7.36. The molecule has 4 rings (SSSR count). The number of carbonyl (C=O) groups is 4. The van der Waals surface area contributed by atoms with Crippen molar-refractivity contribution in [2.24, 2.45) is 7.05 Å². The van der Waals surface area contributed by atoms with E-state index in [9.17, 15) is 24.3 Å². The molecule has 2 aromatic carbocycles. The predicted octanol–water partition coefficient (Wildman–Crippen LogP) is 0.128. The quantitative estimate of drug-likeness (QED) is 0.363. The van der Waals surface area contributed by atoms with Gasteiger partial charge >= 0.3 is 0 Å². The molecule has 0 fully saturated rings. The number of amides is 4. The lowest BCUT2D eigenvalue weighted by Gasteiger charge is -2.24. The Labute approximate surface area is 225 Å². The van der Waals surface area contributed by atoms with Crippen LogP contribution in [-0.2, 0) is 16.6 Å². The number of fused-ring (bicyclic) bond motifs is 3. The van der Waals surface area contributed by atoms with Gasteiger partial charge in [0.15, 0.2) is 5.69 Å². The number of aliphatic hydroxyl groups is 1. The molecule has 0 aliphatic carbocycles. The van der Waals surface area contributed by atoms with Crippen LogP contribution in [0.2, 0.25) is 0 Å². The minimum atomic E-state index is -1.24. The number of aliphatic hydroxyl groups excluding tert-OH is 1. The molecule has 4 amide bonds. The number of rotatable bonds is 2. The zero-order valence-electron chi connectivity index (χ0n) is 22.1. The Bertz CT molecular complexity index is 1400. The maximum Gasteiger partial charge on any atom is 0.275 e. The van der Waals surface area contributed by atoms with Gasteiger partial charge in [0.25, 0.3) is 11.8 Å². The predicted molar refractivity (Wildman–Crippen MR) is 142 cm³/mol. The molecule has 12 heteroatoms. The SMILES string of the molecule is Cc1ccc2cc1OCCNC(=O)CN(C(=O)c1nn(C)c3ccccc13)CCNC(=O)[C@H]([C@@H](C)O)NC2=O. The molecule has 0 unspecified atom stereocenters. The Morgan fingerprint density at radius 1 is 1.13 bits per heavy atom. The highest BCUT2D eigenvalue weighted by molar-refractivity contribution is 6.05. The van der Waals surface area contributed by atoms with Crippen LogP contribution in [0, 0.1) is 6.92 Å². The number of carbonyl (C=O) groups excluding carboxylic acids is 4. The highest BCUT2D eigenvalue weighted by atomic mass is 16.5. The zero-order chi connectivity index (χ0) is 28.1. The van der Waals surface area contributed by atoms with E-state index >= 15 is 0 Å². The monoisotopic (exact) mass is 536 g/mol. The molecular weight excluding hydrogens is 504 g/mol. The number of nitrogens with one attached hydrogen (secondary N) is 3. The summed E-state index contributed by atoms with van der Waals surface area (Å²) in [4.78, 5) is 53.4. The summed E-state index contributed by atoms with van der Waals surface area (Å²) in [7, 11) is 1.73. The maximum absolute atomic E-state index is 13.5. The van der Waals surface area contributed by atoms with Crippen molar-refractivity contribution in [3.63, 3.8) is 0 Å². The van der Waals surface area contributed by atoms with E-state index in [0.29, 0.717) is 11.1 Å². The van der Waals surface area contributed by atoms with Gasteiger partial charge in [-0.25, -0.2) is 0 Å². The van der Waals surface area contributed by atoms with Gasteiger partial charge < -0.3 is 30.7 Å². The van der Waals surface area contributed by atoms with E-state index in [-0.39, 0.29) is 44.0 Å². The first-order chi connectivity index (χ1) is 18.7. The zero-order valence-corrected chi connectivity index (χ0v) is 22.1. The molecule has 1 aliphatic rings. The summed E-state index contributed by atoms with van der Waals surface area (Å²) in [6.07, 6.45) is -1.19. The average molecular weight is 537 g/mol. The van der Waals surface area contributed by atoms with Crippen LogP contribution in [0.25, 0.3) is 10.9 Å². The van der Waals surface area contributed by atoms with E-state index in [1.807, 2.05) is 19.1 Å². The summed E-state index contributed by atoms with van der Waals surface area (Å²) in [5, 5.41) is 23.2. The van der Waals surface area contributed by atoms with Crippen LogP contribution >= 0.6 is 0 Å². The first kappa shape index (κ1) is 27.6. The third-order valence-electron chi connectivity index (χ3n) is 6.45. The van der Waals surface area contributed by atoms with Crippen LogP contribution in [0.3, 0.4) is 0 Å². The van der Waals surface area contributed by atoms with E-state index in [2.05, 4.69) is 21.0 Å². The van der Waals surface area contributed by atoms with E-state index in [4.69, 9.17) is 4.74 Å². The van der Waals surface area contributed by atoms with Crippen LogP contribution < -0.4 is 20.7 Å². The lowest BCUT2D eigenvalue weighted by atomic mass is 10.1. The van der Waals surface area contributed by atoms with Gasteiger partial charge in [-0.2, -0.15) is 5.10 Å². The Morgan fingerprint density at radius 3 is 2.67 bits per heavy atom. The van der Waals surface area contributed by atoms with E-state index in [0.717, 1.165) is 11.1 Å². The third-order valence-corrected chi connectivity index (χ3v) is 6.45. The van der Waals surface area contributed by atoms with Gasteiger partial charge in [0.1, 0.15) is 18.4 Å². The molecule has 0 radical (unpaired) electrons. The normalized spacial score (nSPS) is 18.4. The number of benzene rings is 2. The number of aromatic nitrogens is 2. The first-order valence-electron chi connectivity index (χ1n) is 12.6. The van der Waals surface area contributed by atoms with E-state index < -0.39 is 35.8 Å². The summed E-state index contributed by atoms with van der Waals surface area (Å²) in [6, 6.07) is 10.9. The van der Waals surface area contributed by atoms with Crippen molar-refractivity contribution in [3.05, 3.63) is 59.3 Å². The molecule has 2 heterocycles. The van der Waals surface area contributed by atoms with Crippen LogP contribution in [0.1, 0.15) is 33.3 Å². The van der Waals surface area contributed by atoms with Crippen LogP contribution in [0.4, 0.5) is 0 Å². The minimum absolute atomic E-state index is 0.0140. The molecule has 1 aliphatic heterocycles. The van der Waals surface area contributed by atoms with Gasteiger partial charge in [0.05, 0.1) is 24.7 Å². The molecule has 4 N–H and O–H groups in total. The third kappa shape index (κ3) is 6.34. The lowest BCUT2D eigenvalue weighted by molar-refractivity contribution is -0.125. The van der Waals surface area contributed by atoms with Crippen molar-refractivity contribution in [2.45, 2.75) is 26.0 Å². The van der Waals surface area contributed by atoms with Crippen molar-refractivity contribution < 1.29 is 29.0 Å². The summed E-state index contributed by atoms with van der Waals surface area (Å²) in [6.45, 7) is 3.19. The molecule has 1 aromatic heterocycles. The molecular formula is C27H32N6O6. The maximum atomic E-state index is 13.5. The molecule has 0 saturated carbocycles. The van der Waals surface area contributed by atoms with E-state index in [1.54, 1.807) is 42.1 Å². The van der Waals surface area contributed by atoms with Gasteiger partial charge in [-0.05, 0) is 37.6 Å². The Morgan fingerprint density at radius 2 is 1.90 bits per heavy atom. The van der Waals surface area contributed by atoms with Crippen molar-refractivity contribution >= 4 is 34.5 Å². The fraction of sp³-hybridized carbons (Fsp3) is 0.370. The molecule has 2 bridgehead atoms. The van der Waals surface area contributed by atoms with Crippen molar-refractivity contribution in [2.75, 3.05) is 32.8 Å². The second-order valence-electron chi connectivity index (χ2n) is 9.38. The van der Waals surface area contributed by atoms with Crippen LogP contribution in [0.15, 0.2) is 42.5 Å². The highest BCUT2D eigenvalue weighted by Crippen LogP contribution is 2.20. The number of hydrogen-bond acceptors (Lipinski definition) is 7. The first-order valence-corrected chi connectivity index (χ1v) is 12.6. The molecule has 0 saturated heterocycles. The number of ether oxygens (including phenoxy) is 1. The molecule has 2 atom stereocenters. The van der Waals surface area contributed by atoms with Gasteiger partial charge in [0.2, 0.25) is 11.8 Å². The Balaban J connectivity index is 1.59. The molecule has 0 spiro atoms. The molecule has 39 heavy (non-hydrogen) atoms. The second kappa shape index (κ2) is 11.9. The fourth-order valence-corrected chi connectivity index (χ4v) is 4.31. The summed E-state index contributed by atoms with van der Waals surface area (Å²) >= 11 is 0. The Hall–Kier alpha value is -4.45. The van der Waals surface area contributed by atoms with Gasteiger partial charge in [0, 0.05) is 31.1 Å². The van der Waals surface area contributed by atoms with Crippen molar-refractivity contribution in [1.82, 2.24) is 30.6 Å². The molecule has 3 aromatic rings. The summed E-state index contributed by atoms with van der Waals surface area (Å²) in [5.74, 6) is -1.63. The smallest absolute Gasteiger partial charge is 0.275 e. The fourth-order valence-electron chi connectivity index (χ4n) is 4.31. The van der Waals surface area contributed by atoms with Gasteiger partial charge in [-0.3, -0.25) is 23.9 Å². The minimum Gasteiger partial charge on any atom is -0.491 e. The highest BCUT2D eigenvalue weighted by Gasteiger charge is 2.28. The summed E-state index contributed by atoms with van der Waals surface area (Å²) in [5.41, 5.74) is 1.97. The average Bonchev–Trinajstić information content (AvgIpc) is 3.25. The number of nitrogens with zero attached hydrogens (tertiary/aromatic N) is 3.